The number of benzene rings is 2. The van der Waals surface area contributed by atoms with Gasteiger partial charge in [0.2, 0.25) is 0 Å². The molecule has 1 aliphatic rings. The lowest BCUT2D eigenvalue weighted by Gasteiger charge is -2.09. The van der Waals surface area contributed by atoms with Crippen LogP contribution in [0.5, 0.6) is 0 Å². The van der Waals surface area contributed by atoms with E-state index in [1.54, 1.807) is 27.4 Å². The summed E-state index contributed by atoms with van der Waals surface area (Å²) < 4.78 is 2.77. The summed E-state index contributed by atoms with van der Waals surface area (Å²) in [7, 11) is 1.60. The van der Waals surface area contributed by atoms with Gasteiger partial charge < -0.3 is 0 Å². The van der Waals surface area contributed by atoms with Gasteiger partial charge in [-0.25, -0.2) is 0 Å². The smallest absolute Gasteiger partial charge is 0.265 e. The standard InChI is InChI=1S/C18H13N3OS2/c1-23-18-21-16(15(24-18)13-10-6-3-7-11-13)19-17(22)14(20-21)12-8-4-2-5-9-12/h2-11H,1H3. The second kappa shape index (κ2) is 6.22. The molecule has 6 heteroatoms. The van der Waals surface area contributed by atoms with Gasteiger partial charge in [-0.15, -0.1) is 10.9 Å². The summed E-state index contributed by atoms with van der Waals surface area (Å²) in [6, 6.07) is 19.4. The van der Waals surface area contributed by atoms with Crippen LogP contribution in [0, 0.1) is 0 Å². The molecular weight excluding hydrogens is 338 g/mol. The topological polar surface area (TPSA) is 47.8 Å². The van der Waals surface area contributed by atoms with Crippen LogP contribution in [-0.2, 0) is 0 Å². The van der Waals surface area contributed by atoms with Crippen LogP contribution < -0.4 is 5.56 Å². The number of fused-ring (bicyclic) bond motifs is 1. The minimum atomic E-state index is -0.302. The number of aromatic nitrogens is 3. The van der Waals surface area contributed by atoms with Crippen molar-refractivity contribution >= 4 is 31.9 Å². The highest BCUT2D eigenvalue weighted by Crippen LogP contribution is 2.21. The first-order chi connectivity index (χ1) is 11.8. The lowest BCUT2D eigenvalue weighted by atomic mass is 10.1. The monoisotopic (exact) mass is 351 g/mol. The minimum absolute atomic E-state index is 0.302. The Hall–Kier alpha value is -2.44. The van der Waals surface area contributed by atoms with Crippen molar-refractivity contribution in [1.82, 2.24) is 14.8 Å². The molecule has 0 saturated carbocycles. The zero-order chi connectivity index (χ0) is 16.5. The van der Waals surface area contributed by atoms with E-state index in [1.807, 2.05) is 66.9 Å². The van der Waals surface area contributed by atoms with E-state index in [1.165, 1.54) is 0 Å². The third-order valence-corrected chi connectivity index (χ3v) is 5.88. The van der Waals surface area contributed by atoms with Crippen molar-refractivity contribution in [2.24, 2.45) is 0 Å². The lowest BCUT2D eigenvalue weighted by Crippen LogP contribution is -2.25. The zero-order valence-corrected chi connectivity index (χ0v) is 14.5. The number of hydrogen-bond donors (Lipinski definition) is 0. The van der Waals surface area contributed by atoms with E-state index in [4.69, 9.17) is 0 Å². The molecule has 0 radical (unpaired) electrons. The van der Waals surface area contributed by atoms with Gasteiger partial charge >= 0.3 is 0 Å². The molecule has 2 aromatic carbocycles. The molecular formula is C18H13N3OS2. The summed E-state index contributed by atoms with van der Waals surface area (Å²) in [5, 5.41) is 4.59. The molecule has 0 atom stereocenters. The van der Waals surface area contributed by atoms with Gasteiger partial charge in [-0.1, -0.05) is 72.4 Å². The Balaban J connectivity index is 1.92. The maximum atomic E-state index is 12.5. The molecule has 0 fully saturated rings. The van der Waals surface area contributed by atoms with E-state index in [-0.39, 0.29) is 5.56 Å². The second-order valence-electron chi connectivity index (χ2n) is 5.13. The molecule has 0 spiro atoms. The predicted octanol–water partition coefficient (Wildman–Crippen LogP) is 2.92. The Morgan fingerprint density at radius 3 is 2.21 bits per heavy atom. The van der Waals surface area contributed by atoms with Crippen molar-refractivity contribution in [3.8, 4) is 11.3 Å². The highest BCUT2D eigenvalue weighted by Gasteiger charge is 2.23. The molecule has 0 N–H and O–H groups in total. The average molecular weight is 351 g/mol. The van der Waals surface area contributed by atoms with E-state index in [2.05, 4.69) is 10.1 Å². The van der Waals surface area contributed by atoms with Gasteiger partial charge in [0.15, 0.2) is 15.8 Å². The van der Waals surface area contributed by atoms with Gasteiger partial charge in [0.1, 0.15) is 0 Å². The molecule has 4 nitrogen and oxygen atoms in total. The van der Waals surface area contributed by atoms with E-state index < -0.39 is 0 Å². The summed E-state index contributed by atoms with van der Waals surface area (Å²) in [6.45, 7) is 0. The molecule has 0 unspecified atom stereocenters. The summed E-state index contributed by atoms with van der Waals surface area (Å²) in [5.41, 5.74) is 1.90. The van der Waals surface area contributed by atoms with E-state index >= 15 is 0 Å². The van der Waals surface area contributed by atoms with Crippen molar-refractivity contribution in [1.29, 1.82) is 0 Å². The fourth-order valence-corrected chi connectivity index (χ4v) is 4.27. The Morgan fingerprint density at radius 1 is 0.958 bits per heavy atom. The third kappa shape index (κ3) is 2.53. The molecule has 1 aliphatic heterocycles. The number of nitrogens with zero attached hydrogens (tertiary/aromatic N) is 3. The zero-order valence-electron chi connectivity index (χ0n) is 12.8. The van der Waals surface area contributed by atoms with Gasteiger partial charge in [0, 0.05) is 5.56 Å². The van der Waals surface area contributed by atoms with Crippen LogP contribution in [0.15, 0.2) is 65.5 Å². The van der Waals surface area contributed by atoms with E-state index in [0.717, 1.165) is 20.3 Å². The van der Waals surface area contributed by atoms with E-state index in [9.17, 15) is 4.79 Å². The van der Waals surface area contributed by atoms with Gasteiger partial charge in [0.25, 0.3) is 5.56 Å². The molecule has 3 aromatic rings. The number of hydrogen-bond acceptors (Lipinski definition) is 4. The molecule has 118 valence electrons. The van der Waals surface area contributed by atoms with Crippen LogP contribution in [-0.4, -0.2) is 30.2 Å². The van der Waals surface area contributed by atoms with Crippen molar-refractivity contribution in [3.05, 3.63) is 82.4 Å². The van der Waals surface area contributed by atoms with Crippen molar-refractivity contribution in [2.45, 2.75) is 0 Å². The SMILES string of the molecule is CSC1=S=C(c2ccccc2)c2nc(=O)c(-c3ccccc3)nn21. The average Bonchev–Trinajstić information content (AvgIpc) is 3.00. The Kier molecular flexibility index (Phi) is 3.92. The first-order valence-corrected chi connectivity index (χ1v) is 9.41. The van der Waals surface area contributed by atoms with Gasteiger partial charge in [-0.05, 0) is 11.8 Å². The van der Waals surface area contributed by atoms with Crippen LogP contribution in [0.1, 0.15) is 11.4 Å². The van der Waals surface area contributed by atoms with Crippen LogP contribution in [0.25, 0.3) is 11.3 Å². The van der Waals surface area contributed by atoms with Crippen LogP contribution in [0.3, 0.4) is 0 Å². The number of thioether (sulfide) groups is 1. The molecule has 0 amide bonds. The molecule has 0 aliphatic carbocycles. The Bertz CT molecular complexity index is 1040. The van der Waals surface area contributed by atoms with Crippen molar-refractivity contribution in [3.63, 3.8) is 0 Å². The first-order valence-electron chi connectivity index (χ1n) is 7.36. The summed E-state index contributed by atoms with van der Waals surface area (Å²) >= 11 is 1.60. The van der Waals surface area contributed by atoms with Crippen LogP contribution >= 0.6 is 22.7 Å². The Morgan fingerprint density at radius 2 is 1.58 bits per heavy atom. The molecule has 2 heterocycles. The van der Waals surface area contributed by atoms with Gasteiger partial charge in [-0.3, -0.25) is 4.79 Å². The fraction of sp³-hybridized carbons (Fsp3) is 0.0556. The maximum absolute atomic E-state index is 12.5. The first kappa shape index (κ1) is 15.1. The maximum Gasteiger partial charge on any atom is 0.300 e. The quantitative estimate of drug-likeness (QED) is 0.666. The van der Waals surface area contributed by atoms with Gasteiger partial charge in [0.05, 0.1) is 4.86 Å². The molecule has 1 aromatic heterocycles. The lowest BCUT2D eigenvalue weighted by molar-refractivity contribution is 0.852. The fourth-order valence-electron chi connectivity index (χ4n) is 2.52. The highest BCUT2D eigenvalue weighted by molar-refractivity contribution is 8.26. The third-order valence-electron chi connectivity index (χ3n) is 3.63. The van der Waals surface area contributed by atoms with Crippen LogP contribution in [0.4, 0.5) is 0 Å². The molecule has 24 heavy (non-hydrogen) atoms. The van der Waals surface area contributed by atoms with Gasteiger partial charge in [-0.2, -0.15) is 14.8 Å². The van der Waals surface area contributed by atoms with Crippen LogP contribution in [0.2, 0.25) is 0 Å². The van der Waals surface area contributed by atoms with Crippen molar-refractivity contribution < 1.29 is 0 Å². The second-order valence-corrected chi connectivity index (χ2v) is 7.19. The molecule has 0 saturated heterocycles. The molecule has 4 rings (SSSR count). The Labute approximate surface area is 146 Å². The highest BCUT2D eigenvalue weighted by atomic mass is 32.2. The minimum Gasteiger partial charge on any atom is -0.265 e. The largest absolute Gasteiger partial charge is 0.300 e. The number of rotatable bonds is 2. The normalized spacial score (nSPS) is 12.9. The predicted molar refractivity (Wildman–Crippen MR) is 103 cm³/mol. The summed E-state index contributed by atoms with van der Waals surface area (Å²) in [4.78, 5) is 17.8. The summed E-state index contributed by atoms with van der Waals surface area (Å²) in [6.07, 6.45) is 2.00. The molecule has 0 bridgehead atoms. The summed E-state index contributed by atoms with van der Waals surface area (Å²) in [5.74, 6) is 0.611. The van der Waals surface area contributed by atoms with Crippen molar-refractivity contribution in [2.75, 3.05) is 6.26 Å². The van der Waals surface area contributed by atoms with E-state index in [0.29, 0.717) is 11.5 Å².